The van der Waals surface area contributed by atoms with E-state index >= 15 is 0 Å². The number of hydrogen-bond donors (Lipinski definition) is 0. The number of piperazine rings is 1. The molecule has 16 heavy (non-hydrogen) atoms. The standard InChI is InChI=1S/C13H26N2O/c1-9(2)13(16)15-11(5)7-14(10(3)4)8-12(15)6/h9-12H,7-8H2,1-6H3/t11-,12+. The van der Waals surface area contributed by atoms with Gasteiger partial charge in [0.25, 0.3) is 0 Å². The van der Waals surface area contributed by atoms with Gasteiger partial charge in [-0.15, -0.1) is 0 Å². The number of hydrogen-bond acceptors (Lipinski definition) is 2. The van der Waals surface area contributed by atoms with Crippen molar-refractivity contribution in [1.82, 2.24) is 9.80 Å². The van der Waals surface area contributed by atoms with Gasteiger partial charge in [0.2, 0.25) is 5.91 Å². The van der Waals surface area contributed by atoms with Crippen molar-refractivity contribution in [2.45, 2.75) is 59.7 Å². The number of carbonyl (C=O) groups is 1. The fraction of sp³-hybridized carbons (Fsp3) is 0.923. The Morgan fingerprint density at radius 1 is 1.06 bits per heavy atom. The lowest BCUT2D eigenvalue weighted by molar-refractivity contribution is -0.143. The molecule has 1 rings (SSSR count). The Bertz CT molecular complexity index is 238. The summed E-state index contributed by atoms with van der Waals surface area (Å²) in [5.41, 5.74) is 0. The first-order valence-corrected chi connectivity index (χ1v) is 6.40. The van der Waals surface area contributed by atoms with Crippen LogP contribution in [0.25, 0.3) is 0 Å². The molecule has 3 heteroatoms. The van der Waals surface area contributed by atoms with E-state index in [2.05, 4.69) is 37.5 Å². The Labute approximate surface area is 99.8 Å². The van der Waals surface area contributed by atoms with Crippen LogP contribution in [-0.2, 0) is 4.79 Å². The van der Waals surface area contributed by atoms with Crippen LogP contribution >= 0.6 is 0 Å². The Morgan fingerprint density at radius 2 is 1.50 bits per heavy atom. The lowest BCUT2D eigenvalue weighted by Gasteiger charge is -2.46. The molecule has 1 amide bonds. The van der Waals surface area contributed by atoms with Gasteiger partial charge in [-0.1, -0.05) is 13.8 Å². The largest absolute Gasteiger partial charge is 0.334 e. The molecule has 1 aliphatic heterocycles. The molecule has 0 unspecified atom stereocenters. The average molecular weight is 226 g/mol. The van der Waals surface area contributed by atoms with E-state index in [0.29, 0.717) is 24.0 Å². The summed E-state index contributed by atoms with van der Waals surface area (Å²) in [6, 6.07) is 1.24. The van der Waals surface area contributed by atoms with Crippen LogP contribution in [0.2, 0.25) is 0 Å². The Balaban J connectivity index is 2.73. The van der Waals surface area contributed by atoms with Crippen LogP contribution in [0.4, 0.5) is 0 Å². The van der Waals surface area contributed by atoms with Crippen molar-refractivity contribution in [2.75, 3.05) is 13.1 Å². The number of carbonyl (C=O) groups excluding carboxylic acids is 1. The molecule has 0 aliphatic carbocycles. The highest BCUT2D eigenvalue weighted by Crippen LogP contribution is 2.19. The summed E-state index contributed by atoms with van der Waals surface area (Å²) in [5, 5.41) is 0. The fourth-order valence-corrected chi connectivity index (χ4v) is 2.52. The summed E-state index contributed by atoms with van der Waals surface area (Å²) >= 11 is 0. The maximum atomic E-state index is 12.1. The summed E-state index contributed by atoms with van der Waals surface area (Å²) in [6.07, 6.45) is 0. The van der Waals surface area contributed by atoms with Crippen molar-refractivity contribution in [2.24, 2.45) is 5.92 Å². The van der Waals surface area contributed by atoms with Gasteiger partial charge >= 0.3 is 0 Å². The molecule has 0 saturated carbocycles. The van der Waals surface area contributed by atoms with Crippen molar-refractivity contribution >= 4 is 5.91 Å². The second-order valence-electron chi connectivity index (χ2n) is 5.65. The van der Waals surface area contributed by atoms with Gasteiger partial charge in [0.05, 0.1) is 0 Å². The maximum Gasteiger partial charge on any atom is 0.225 e. The summed E-state index contributed by atoms with van der Waals surface area (Å²) < 4.78 is 0. The van der Waals surface area contributed by atoms with Crippen molar-refractivity contribution in [3.63, 3.8) is 0 Å². The van der Waals surface area contributed by atoms with E-state index in [9.17, 15) is 4.79 Å². The molecular weight excluding hydrogens is 200 g/mol. The molecule has 1 saturated heterocycles. The second kappa shape index (κ2) is 5.17. The van der Waals surface area contributed by atoms with Gasteiger partial charge in [-0.3, -0.25) is 9.69 Å². The summed E-state index contributed by atoms with van der Waals surface area (Å²) in [7, 11) is 0. The van der Waals surface area contributed by atoms with Crippen LogP contribution in [0.3, 0.4) is 0 Å². The Kier molecular flexibility index (Phi) is 4.36. The molecule has 0 aromatic heterocycles. The molecule has 2 atom stereocenters. The first-order valence-electron chi connectivity index (χ1n) is 6.40. The van der Waals surface area contributed by atoms with Crippen molar-refractivity contribution in [3.8, 4) is 0 Å². The average Bonchev–Trinajstić information content (AvgIpc) is 2.15. The number of amides is 1. The van der Waals surface area contributed by atoms with Gasteiger partial charge in [-0.25, -0.2) is 0 Å². The van der Waals surface area contributed by atoms with E-state index in [0.717, 1.165) is 13.1 Å². The molecule has 0 N–H and O–H groups in total. The van der Waals surface area contributed by atoms with E-state index < -0.39 is 0 Å². The molecule has 1 aliphatic rings. The highest BCUT2D eigenvalue weighted by atomic mass is 16.2. The van der Waals surface area contributed by atoms with E-state index in [1.807, 2.05) is 13.8 Å². The fourth-order valence-electron chi connectivity index (χ4n) is 2.52. The summed E-state index contributed by atoms with van der Waals surface area (Å²) in [4.78, 5) is 16.6. The Hall–Kier alpha value is -0.570. The minimum atomic E-state index is 0.107. The zero-order valence-corrected chi connectivity index (χ0v) is 11.5. The Morgan fingerprint density at radius 3 is 1.81 bits per heavy atom. The first kappa shape index (κ1) is 13.5. The SMILES string of the molecule is CC(C)C(=O)N1[C@H](C)CN(C(C)C)C[C@@H]1C. The topological polar surface area (TPSA) is 23.6 Å². The van der Waals surface area contributed by atoms with Gasteiger partial charge in [-0.05, 0) is 27.7 Å². The molecule has 94 valence electrons. The number of nitrogens with zero attached hydrogens (tertiary/aromatic N) is 2. The van der Waals surface area contributed by atoms with Gasteiger partial charge in [-0.2, -0.15) is 0 Å². The van der Waals surface area contributed by atoms with Crippen molar-refractivity contribution < 1.29 is 4.79 Å². The zero-order chi connectivity index (χ0) is 12.5. The highest BCUT2D eigenvalue weighted by molar-refractivity contribution is 5.78. The third kappa shape index (κ3) is 2.76. The molecule has 0 aromatic rings. The van der Waals surface area contributed by atoms with Gasteiger partial charge < -0.3 is 4.90 Å². The van der Waals surface area contributed by atoms with Gasteiger partial charge in [0.15, 0.2) is 0 Å². The molecule has 1 fully saturated rings. The van der Waals surface area contributed by atoms with Crippen LogP contribution < -0.4 is 0 Å². The van der Waals surface area contributed by atoms with Crippen molar-refractivity contribution in [3.05, 3.63) is 0 Å². The van der Waals surface area contributed by atoms with Crippen LogP contribution in [0.1, 0.15) is 41.5 Å². The third-order valence-corrected chi connectivity index (χ3v) is 3.43. The molecular formula is C13H26N2O. The lowest BCUT2D eigenvalue weighted by atomic mass is 10.0. The molecule has 1 heterocycles. The van der Waals surface area contributed by atoms with Crippen molar-refractivity contribution in [1.29, 1.82) is 0 Å². The first-order chi connectivity index (χ1) is 7.34. The maximum absolute atomic E-state index is 12.1. The van der Waals surface area contributed by atoms with Crippen LogP contribution in [-0.4, -0.2) is 46.9 Å². The zero-order valence-electron chi connectivity index (χ0n) is 11.5. The lowest BCUT2D eigenvalue weighted by Crippen LogP contribution is -2.60. The molecule has 0 spiro atoms. The quantitative estimate of drug-likeness (QED) is 0.719. The minimum Gasteiger partial charge on any atom is -0.334 e. The second-order valence-corrected chi connectivity index (χ2v) is 5.65. The monoisotopic (exact) mass is 226 g/mol. The third-order valence-electron chi connectivity index (χ3n) is 3.43. The smallest absolute Gasteiger partial charge is 0.225 e. The van der Waals surface area contributed by atoms with Crippen LogP contribution in [0, 0.1) is 5.92 Å². The summed E-state index contributed by atoms with van der Waals surface area (Å²) in [5.74, 6) is 0.402. The normalized spacial score (nSPS) is 27.9. The predicted octanol–water partition coefficient (Wildman–Crippen LogP) is 1.97. The van der Waals surface area contributed by atoms with E-state index in [-0.39, 0.29) is 5.92 Å². The molecule has 0 bridgehead atoms. The molecule has 0 radical (unpaired) electrons. The van der Waals surface area contributed by atoms with Gasteiger partial charge in [0, 0.05) is 37.1 Å². The van der Waals surface area contributed by atoms with E-state index in [1.54, 1.807) is 0 Å². The van der Waals surface area contributed by atoms with Crippen LogP contribution in [0.15, 0.2) is 0 Å². The van der Waals surface area contributed by atoms with Gasteiger partial charge in [0.1, 0.15) is 0 Å². The minimum absolute atomic E-state index is 0.107. The molecule has 3 nitrogen and oxygen atoms in total. The molecule has 0 aromatic carbocycles. The summed E-state index contributed by atoms with van der Waals surface area (Å²) in [6.45, 7) is 14.7. The highest BCUT2D eigenvalue weighted by Gasteiger charge is 2.34. The predicted molar refractivity (Wildman–Crippen MR) is 67.3 cm³/mol. The van der Waals surface area contributed by atoms with E-state index in [4.69, 9.17) is 0 Å². The van der Waals surface area contributed by atoms with E-state index in [1.165, 1.54) is 0 Å². The number of rotatable bonds is 2. The van der Waals surface area contributed by atoms with Crippen LogP contribution in [0.5, 0.6) is 0 Å².